The molecule has 2 amide bonds. The molecule has 0 saturated carbocycles. The molecule has 1 aromatic rings. The molecular formula is C20H23F3N2O4S. The van der Waals surface area contributed by atoms with Crippen molar-refractivity contribution in [3.05, 3.63) is 35.9 Å². The summed E-state index contributed by atoms with van der Waals surface area (Å²) in [7, 11) is 0. The van der Waals surface area contributed by atoms with Crippen LogP contribution < -0.4 is 5.32 Å². The number of hydrogen-bond acceptors (Lipinski definition) is 5. The summed E-state index contributed by atoms with van der Waals surface area (Å²) in [6.45, 7) is 1.92. The number of hydrogen-bond donors (Lipinski definition) is 1. The van der Waals surface area contributed by atoms with Crippen LogP contribution >= 0.6 is 11.8 Å². The van der Waals surface area contributed by atoms with E-state index in [1.165, 1.54) is 16.7 Å². The second kappa shape index (κ2) is 8.49. The number of alkyl halides is 3. The van der Waals surface area contributed by atoms with E-state index < -0.39 is 53.3 Å². The normalized spacial score (nSPS) is 25.8. The minimum absolute atomic E-state index is 0.132. The van der Waals surface area contributed by atoms with Gasteiger partial charge in [0.15, 0.2) is 6.10 Å². The summed E-state index contributed by atoms with van der Waals surface area (Å²) in [6.07, 6.45) is -4.99. The van der Waals surface area contributed by atoms with Gasteiger partial charge in [0, 0.05) is 11.2 Å². The van der Waals surface area contributed by atoms with E-state index in [2.05, 4.69) is 0 Å². The number of benzene rings is 1. The summed E-state index contributed by atoms with van der Waals surface area (Å²) in [5, 5.41) is 1.87. The van der Waals surface area contributed by atoms with Crippen molar-refractivity contribution in [3.63, 3.8) is 0 Å². The van der Waals surface area contributed by atoms with Crippen molar-refractivity contribution in [2.24, 2.45) is 5.92 Å². The molecule has 3 atom stereocenters. The van der Waals surface area contributed by atoms with Crippen LogP contribution in [-0.4, -0.2) is 58.2 Å². The van der Waals surface area contributed by atoms with E-state index in [0.29, 0.717) is 6.42 Å². The molecule has 2 aliphatic heterocycles. The summed E-state index contributed by atoms with van der Waals surface area (Å²) in [4.78, 5) is 39.0. The highest BCUT2D eigenvalue weighted by Crippen LogP contribution is 2.40. The lowest BCUT2D eigenvalue weighted by atomic mass is 9.95. The smallest absolute Gasteiger partial charge is 0.405 e. The third-order valence-electron chi connectivity index (χ3n) is 5.23. The monoisotopic (exact) mass is 444 g/mol. The molecule has 2 aliphatic rings. The van der Waals surface area contributed by atoms with Gasteiger partial charge >= 0.3 is 12.1 Å². The lowest BCUT2D eigenvalue weighted by molar-refractivity contribution is -0.156. The number of amides is 2. The van der Waals surface area contributed by atoms with E-state index in [-0.39, 0.29) is 12.3 Å². The third kappa shape index (κ3) is 5.08. The van der Waals surface area contributed by atoms with Gasteiger partial charge in [-0.3, -0.25) is 14.4 Å². The fraction of sp³-hybridized carbons (Fsp3) is 0.550. The van der Waals surface area contributed by atoms with Crippen LogP contribution in [0.2, 0.25) is 0 Å². The molecule has 0 aliphatic carbocycles. The van der Waals surface area contributed by atoms with Gasteiger partial charge in [0.25, 0.3) is 5.91 Å². The topological polar surface area (TPSA) is 75.7 Å². The van der Waals surface area contributed by atoms with Gasteiger partial charge in [-0.05, 0) is 25.8 Å². The van der Waals surface area contributed by atoms with E-state index in [4.69, 9.17) is 4.74 Å². The first-order chi connectivity index (χ1) is 14.0. The minimum atomic E-state index is -4.55. The van der Waals surface area contributed by atoms with E-state index in [1.54, 1.807) is 13.8 Å². The summed E-state index contributed by atoms with van der Waals surface area (Å²) >= 11 is 1.29. The van der Waals surface area contributed by atoms with Gasteiger partial charge in [-0.2, -0.15) is 13.2 Å². The Labute approximate surface area is 176 Å². The highest BCUT2D eigenvalue weighted by atomic mass is 32.2. The molecular weight excluding hydrogens is 421 g/mol. The number of nitrogens with one attached hydrogen (secondary N) is 1. The van der Waals surface area contributed by atoms with Gasteiger partial charge in [-0.15, -0.1) is 11.8 Å². The van der Waals surface area contributed by atoms with Gasteiger partial charge in [0.1, 0.15) is 12.6 Å². The Hall–Kier alpha value is -2.23. The van der Waals surface area contributed by atoms with Gasteiger partial charge in [-0.25, -0.2) is 0 Å². The summed E-state index contributed by atoms with van der Waals surface area (Å²) < 4.78 is 42.0. The molecule has 2 heterocycles. The van der Waals surface area contributed by atoms with E-state index >= 15 is 0 Å². The van der Waals surface area contributed by atoms with Crippen LogP contribution in [0, 0.1) is 5.92 Å². The molecule has 0 bridgehead atoms. The summed E-state index contributed by atoms with van der Waals surface area (Å²) in [5.74, 6) is -2.26. The number of carbonyl (C=O) groups is 3. The fourth-order valence-electron chi connectivity index (χ4n) is 3.74. The molecule has 10 heteroatoms. The van der Waals surface area contributed by atoms with Crippen LogP contribution in [0.5, 0.6) is 0 Å². The number of esters is 1. The van der Waals surface area contributed by atoms with Crippen LogP contribution in [0.3, 0.4) is 0 Å². The van der Waals surface area contributed by atoms with Crippen molar-refractivity contribution in [2.75, 3.05) is 12.4 Å². The van der Waals surface area contributed by atoms with Crippen molar-refractivity contribution < 1.29 is 32.3 Å². The van der Waals surface area contributed by atoms with Gasteiger partial charge in [0.05, 0.1) is 11.8 Å². The van der Waals surface area contributed by atoms with Gasteiger partial charge in [-0.1, -0.05) is 30.3 Å². The molecule has 0 radical (unpaired) electrons. The first-order valence-electron chi connectivity index (χ1n) is 9.51. The number of cyclic esters (lactones) is 1. The SMILES string of the molecule is CC1(C)SCN(C(=O)[C@@H]2C[C@@H](Cc3ccccc3)C(=O)O2)[C@@H]1C(=O)NCC(F)(F)F. The lowest BCUT2D eigenvalue weighted by Crippen LogP contribution is -2.56. The Morgan fingerprint density at radius 1 is 1.27 bits per heavy atom. The summed E-state index contributed by atoms with van der Waals surface area (Å²) in [5.41, 5.74) is 0.940. The molecule has 30 heavy (non-hydrogen) atoms. The molecule has 2 saturated heterocycles. The quantitative estimate of drug-likeness (QED) is 0.707. The van der Waals surface area contributed by atoms with Crippen LogP contribution in [-0.2, 0) is 25.5 Å². The van der Waals surface area contributed by atoms with E-state index in [0.717, 1.165) is 5.56 Å². The zero-order chi connectivity index (χ0) is 22.1. The zero-order valence-corrected chi connectivity index (χ0v) is 17.4. The molecule has 6 nitrogen and oxygen atoms in total. The first-order valence-corrected chi connectivity index (χ1v) is 10.5. The second-order valence-corrected chi connectivity index (χ2v) is 9.57. The molecule has 0 unspecified atom stereocenters. The minimum Gasteiger partial charge on any atom is -0.452 e. The predicted molar refractivity (Wildman–Crippen MR) is 104 cm³/mol. The Bertz CT molecular complexity index is 816. The lowest BCUT2D eigenvalue weighted by Gasteiger charge is -2.31. The van der Waals surface area contributed by atoms with Crippen LogP contribution in [0.15, 0.2) is 30.3 Å². The Kier molecular flexibility index (Phi) is 6.35. The summed E-state index contributed by atoms with van der Waals surface area (Å²) in [6, 6.07) is 8.23. The van der Waals surface area contributed by atoms with E-state index in [9.17, 15) is 27.6 Å². The number of rotatable bonds is 5. The fourth-order valence-corrected chi connectivity index (χ4v) is 4.88. The second-order valence-electron chi connectivity index (χ2n) is 7.97. The number of carbonyl (C=O) groups excluding carboxylic acids is 3. The highest BCUT2D eigenvalue weighted by molar-refractivity contribution is 8.00. The maximum absolute atomic E-state index is 13.0. The predicted octanol–water partition coefficient (Wildman–Crippen LogP) is 2.52. The van der Waals surface area contributed by atoms with Crippen LogP contribution in [0.4, 0.5) is 13.2 Å². The Morgan fingerprint density at radius 2 is 1.93 bits per heavy atom. The number of ether oxygens (including phenoxy) is 1. The third-order valence-corrected chi connectivity index (χ3v) is 6.61. The van der Waals surface area contributed by atoms with E-state index in [1.807, 2.05) is 35.6 Å². The average molecular weight is 444 g/mol. The zero-order valence-electron chi connectivity index (χ0n) is 16.6. The van der Waals surface area contributed by atoms with Gasteiger partial charge in [0.2, 0.25) is 5.91 Å². The van der Waals surface area contributed by atoms with Gasteiger partial charge < -0.3 is 15.0 Å². The molecule has 0 spiro atoms. The van der Waals surface area contributed by atoms with Crippen LogP contribution in [0.1, 0.15) is 25.8 Å². The average Bonchev–Trinajstić information content (AvgIpc) is 3.18. The van der Waals surface area contributed by atoms with Crippen molar-refractivity contribution >= 4 is 29.5 Å². The van der Waals surface area contributed by atoms with Crippen molar-refractivity contribution in [3.8, 4) is 0 Å². The first kappa shape index (κ1) is 22.5. The molecule has 1 aromatic carbocycles. The van der Waals surface area contributed by atoms with Crippen molar-refractivity contribution in [2.45, 2.75) is 49.8 Å². The largest absolute Gasteiger partial charge is 0.452 e. The number of halogens is 3. The van der Waals surface area contributed by atoms with Crippen LogP contribution in [0.25, 0.3) is 0 Å². The number of nitrogens with zero attached hydrogens (tertiary/aromatic N) is 1. The van der Waals surface area contributed by atoms with Crippen molar-refractivity contribution in [1.82, 2.24) is 10.2 Å². The molecule has 2 fully saturated rings. The standard InChI is InChI=1S/C20H23F3N2O4S/c1-19(2)15(16(26)24-10-20(21,22)23)25(11-30-19)17(27)14-9-13(18(28)29-14)8-12-6-4-3-5-7-12/h3-7,13-15H,8-11H2,1-2H3,(H,24,26)/t13-,14+,15-/m1/s1. The Balaban J connectivity index is 1.68. The maximum Gasteiger partial charge on any atom is 0.405 e. The molecule has 1 N–H and O–H groups in total. The Morgan fingerprint density at radius 3 is 2.57 bits per heavy atom. The highest BCUT2D eigenvalue weighted by Gasteiger charge is 2.51. The maximum atomic E-state index is 13.0. The molecule has 0 aromatic heterocycles. The van der Waals surface area contributed by atoms with Crippen molar-refractivity contribution in [1.29, 1.82) is 0 Å². The number of thioether (sulfide) groups is 1. The molecule has 164 valence electrons. The molecule has 3 rings (SSSR count).